The highest BCUT2D eigenvalue weighted by Crippen LogP contribution is 2.45. The summed E-state index contributed by atoms with van der Waals surface area (Å²) in [5, 5.41) is 10.6. The molecule has 0 radical (unpaired) electrons. The number of ether oxygens (including phenoxy) is 4. The summed E-state index contributed by atoms with van der Waals surface area (Å²) in [6.07, 6.45) is 76.9. The number of rotatable bonds is 74. The molecule has 0 aromatic heterocycles. The van der Waals surface area contributed by atoms with Crippen molar-refractivity contribution in [1.82, 2.24) is 0 Å². The van der Waals surface area contributed by atoms with Crippen molar-refractivity contribution < 1.29 is 80.2 Å². The number of carbonyl (C=O) groups excluding carboxylic acids is 4. The SMILES string of the molecule is CC/C=C\C/C=C\C/C=C\C/C=C\C/C=C\C/C=C\CCC(=O)OC[C@H](COP(=O)(O)OC[C@@H](O)COP(=O)(O)OC[C@@H](COC(=O)CCCCCCC/C=C\CCCCCC)OC(=O)CCCCCCCCCCCCCCCCC)OC(=O)CCCCCCC/C=C\CCCCCC. The molecule has 0 aliphatic carbocycles. The van der Waals surface area contributed by atoms with Gasteiger partial charge in [0.15, 0.2) is 12.2 Å². The molecule has 0 saturated carbocycles. The van der Waals surface area contributed by atoms with E-state index in [0.717, 1.165) is 135 Å². The Balaban J connectivity index is 5.39. The van der Waals surface area contributed by atoms with Gasteiger partial charge in [-0.05, 0) is 116 Å². The second-order valence-electron chi connectivity index (χ2n) is 26.3. The third-order valence-corrected chi connectivity index (χ3v) is 18.4. The topological polar surface area (TPSA) is 237 Å². The minimum Gasteiger partial charge on any atom is -0.462 e. The maximum absolute atomic E-state index is 13.1. The number of phosphoric acid groups is 2. The number of carbonyl (C=O) groups is 4. The first-order valence-corrected chi connectivity index (χ1v) is 42.5. The predicted molar refractivity (Wildman–Crippen MR) is 409 cm³/mol. The van der Waals surface area contributed by atoms with Crippen molar-refractivity contribution in [2.45, 2.75) is 354 Å². The Morgan fingerprint density at radius 1 is 0.290 bits per heavy atom. The molecule has 3 N–H and O–H groups in total. The minimum atomic E-state index is -4.99. The highest BCUT2D eigenvalue weighted by molar-refractivity contribution is 7.47. The highest BCUT2D eigenvalue weighted by Gasteiger charge is 2.30. The van der Waals surface area contributed by atoms with Crippen molar-refractivity contribution in [1.29, 1.82) is 0 Å². The molecule has 5 atom stereocenters. The zero-order valence-corrected chi connectivity index (χ0v) is 64.9. The van der Waals surface area contributed by atoms with Crippen molar-refractivity contribution in [3.05, 3.63) is 97.2 Å². The van der Waals surface area contributed by atoms with Crippen LogP contribution in [0, 0.1) is 0 Å². The monoisotopic (exact) mass is 1450 g/mol. The summed E-state index contributed by atoms with van der Waals surface area (Å²) in [6.45, 7) is 4.67. The van der Waals surface area contributed by atoms with Crippen molar-refractivity contribution >= 4 is 39.5 Å². The summed E-state index contributed by atoms with van der Waals surface area (Å²) in [5.41, 5.74) is 0. The molecule has 0 amide bonds. The van der Waals surface area contributed by atoms with E-state index in [1.807, 2.05) is 18.2 Å². The normalized spacial score (nSPS) is 14.4. The fourth-order valence-electron chi connectivity index (χ4n) is 10.5. The molecular weight excluding hydrogens is 1310 g/mol. The van der Waals surface area contributed by atoms with E-state index in [-0.39, 0.29) is 25.7 Å². The Morgan fingerprint density at radius 3 is 0.870 bits per heavy atom. The number of hydrogen-bond acceptors (Lipinski definition) is 15. The van der Waals surface area contributed by atoms with Crippen molar-refractivity contribution in [3.8, 4) is 0 Å². The van der Waals surface area contributed by atoms with Gasteiger partial charge in [0.1, 0.15) is 19.3 Å². The van der Waals surface area contributed by atoms with Crippen molar-refractivity contribution in [2.24, 2.45) is 0 Å². The Hall–Kier alpha value is -4.02. The molecule has 0 saturated heterocycles. The van der Waals surface area contributed by atoms with Crippen LogP contribution in [-0.4, -0.2) is 96.7 Å². The molecule has 2 unspecified atom stereocenters. The van der Waals surface area contributed by atoms with Crippen LogP contribution < -0.4 is 0 Å². The molecule has 17 nitrogen and oxygen atoms in total. The van der Waals surface area contributed by atoms with Gasteiger partial charge in [0.05, 0.1) is 26.4 Å². The van der Waals surface area contributed by atoms with Gasteiger partial charge in [-0.2, -0.15) is 0 Å². The maximum Gasteiger partial charge on any atom is 0.472 e. The lowest BCUT2D eigenvalue weighted by Crippen LogP contribution is -2.30. The molecule has 0 aliphatic heterocycles. The predicted octanol–water partition coefficient (Wildman–Crippen LogP) is 22.8. The Kier molecular flexibility index (Phi) is 70.4. The van der Waals surface area contributed by atoms with Gasteiger partial charge in [-0.15, -0.1) is 0 Å². The van der Waals surface area contributed by atoms with E-state index in [0.29, 0.717) is 32.1 Å². The van der Waals surface area contributed by atoms with Crippen LogP contribution in [0.15, 0.2) is 97.2 Å². The molecule has 0 aromatic rings. The number of allylic oxidation sites excluding steroid dienone is 16. The smallest absolute Gasteiger partial charge is 0.462 e. The third kappa shape index (κ3) is 72.3. The quantitative estimate of drug-likeness (QED) is 0.0169. The fourth-order valence-corrected chi connectivity index (χ4v) is 12.1. The van der Waals surface area contributed by atoms with Crippen LogP contribution in [0.3, 0.4) is 0 Å². The summed E-state index contributed by atoms with van der Waals surface area (Å²) >= 11 is 0. The highest BCUT2D eigenvalue weighted by atomic mass is 31.2. The molecule has 0 aromatic carbocycles. The average Bonchev–Trinajstić information content (AvgIpc) is 0.924. The van der Waals surface area contributed by atoms with E-state index in [2.05, 4.69) is 107 Å². The third-order valence-electron chi connectivity index (χ3n) is 16.5. The molecule has 0 bridgehead atoms. The van der Waals surface area contributed by atoms with Gasteiger partial charge >= 0.3 is 39.5 Å². The average molecular weight is 1450 g/mol. The van der Waals surface area contributed by atoms with Gasteiger partial charge < -0.3 is 33.8 Å². The fraction of sp³-hybridized carbons (Fsp3) is 0.753. The second-order valence-corrected chi connectivity index (χ2v) is 29.2. The maximum atomic E-state index is 13.1. The Bertz CT molecular complexity index is 2270. The van der Waals surface area contributed by atoms with Crippen LogP contribution in [0.1, 0.15) is 336 Å². The molecule has 0 fully saturated rings. The van der Waals surface area contributed by atoms with E-state index in [1.165, 1.54) is 116 Å². The molecule has 19 heteroatoms. The van der Waals surface area contributed by atoms with Gasteiger partial charge in [0.25, 0.3) is 0 Å². The zero-order valence-electron chi connectivity index (χ0n) is 63.1. The number of hydrogen-bond donors (Lipinski definition) is 3. The second kappa shape index (κ2) is 73.3. The van der Waals surface area contributed by atoms with Crippen LogP contribution in [0.2, 0.25) is 0 Å². The lowest BCUT2D eigenvalue weighted by Gasteiger charge is -2.21. The summed E-state index contributed by atoms with van der Waals surface area (Å²) in [6, 6.07) is 0. The van der Waals surface area contributed by atoms with Crippen LogP contribution in [0.25, 0.3) is 0 Å². The first kappa shape index (κ1) is 96.0. The Labute approximate surface area is 607 Å². The first-order chi connectivity index (χ1) is 48.7. The van der Waals surface area contributed by atoms with E-state index >= 15 is 0 Å². The van der Waals surface area contributed by atoms with Crippen LogP contribution >= 0.6 is 15.6 Å². The van der Waals surface area contributed by atoms with Gasteiger partial charge in [-0.1, -0.05) is 292 Å². The van der Waals surface area contributed by atoms with Crippen molar-refractivity contribution in [2.75, 3.05) is 39.6 Å². The lowest BCUT2D eigenvalue weighted by molar-refractivity contribution is -0.161. The number of aliphatic hydroxyl groups excluding tert-OH is 1. The molecule has 0 aliphatic rings. The molecule has 578 valence electrons. The van der Waals surface area contributed by atoms with E-state index < -0.39 is 97.5 Å². The van der Waals surface area contributed by atoms with Crippen LogP contribution in [0.4, 0.5) is 0 Å². The molecule has 0 spiro atoms. The summed E-state index contributed by atoms with van der Waals surface area (Å²) in [4.78, 5) is 72.9. The summed E-state index contributed by atoms with van der Waals surface area (Å²) in [5.74, 6) is -2.27. The van der Waals surface area contributed by atoms with Gasteiger partial charge in [0, 0.05) is 25.7 Å². The summed E-state index contributed by atoms with van der Waals surface area (Å²) < 4.78 is 68.5. The Morgan fingerprint density at radius 2 is 0.540 bits per heavy atom. The number of unbranched alkanes of at least 4 members (excludes halogenated alkanes) is 32. The van der Waals surface area contributed by atoms with Gasteiger partial charge in [-0.25, -0.2) is 9.13 Å². The minimum absolute atomic E-state index is 0.0350. The first-order valence-electron chi connectivity index (χ1n) is 39.5. The van der Waals surface area contributed by atoms with Gasteiger partial charge in [0.2, 0.25) is 0 Å². The number of esters is 4. The number of aliphatic hydroxyl groups is 1. The molecule has 0 rings (SSSR count). The van der Waals surface area contributed by atoms with E-state index in [9.17, 15) is 43.2 Å². The number of phosphoric ester groups is 2. The van der Waals surface area contributed by atoms with Crippen LogP contribution in [-0.2, 0) is 65.4 Å². The molecular formula is C81H142O17P2. The standard InChI is InChI=1S/C81H142O17P2/c1-5-9-13-17-21-25-29-33-35-36-37-38-40-43-46-50-54-58-62-66-79(84)92-72-76(97-80(85)67-63-59-55-51-47-42-32-28-24-20-16-12-8-4)73-95-99(87,88)93-69-75(82)70-94-100(89,90)96-74-77(71-91-78(83)65-61-57-53-49-45-41-31-27-23-19-15-11-7-3)98-81(86)68-64-60-56-52-48-44-39-34-30-26-22-18-14-10-6-2/h9,13,21,25,27-28,31-33,35,37-38,43,46,54,58,75-77,82H,5-8,10-12,14-20,22-24,26,29-30,34,36,39-42,44-45,47-53,55-57,59-74H2,1-4H3,(H,87,88)(H,89,90)/b13-9-,25-21-,31-27-,32-28-,35-33-,38-37-,46-43-,58-54-/t75-,76-,77-/m1/s1. The largest absolute Gasteiger partial charge is 0.472 e. The zero-order chi connectivity index (χ0) is 73.2. The molecule has 100 heavy (non-hydrogen) atoms. The van der Waals surface area contributed by atoms with Crippen molar-refractivity contribution in [3.63, 3.8) is 0 Å². The molecule has 0 heterocycles. The van der Waals surface area contributed by atoms with E-state index in [4.69, 9.17) is 37.0 Å². The summed E-state index contributed by atoms with van der Waals surface area (Å²) in [7, 11) is -9.97. The van der Waals surface area contributed by atoms with E-state index in [1.54, 1.807) is 0 Å². The van der Waals surface area contributed by atoms with Gasteiger partial charge in [-0.3, -0.25) is 37.3 Å². The lowest BCUT2D eigenvalue weighted by atomic mass is 10.0. The van der Waals surface area contributed by atoms with Crippen LogP contribution in [0.5, 0.6) is 0 Å².